The van der Waals surface area contributed by atoms with Crippen LogP contribution in [0, 0.1) is 0 Å². The number of carbonyl (C=O) groups is 1. The molecular weight excluding hydrogens is 651 g/mol. The number of rotatable bonds is 11. The Kier molecular flexibility index (Phi) is 10.6. The van der Waals surface area contributed by atoms with E-state index < -0.39 is 6.29 Å². The highest BCUT2D eigenvalue weighted by Crippen LogP contribution is 2.41. The number of hydrogen-bond donors (Lipinski definition) is 3. The third-order valence-corrected chi connectivity index (χ3v) is 10.8. The maximum Gasteiger partial charge on any atom is 0.315 e. The van der Waals surface area contributed by atoms with E-state index in [4.69, 9.17) is 14.5 Å². The average molecular weight is 688 g/mol. The Bertz CT molecular complexity index is 1970. The molecule has 49 heavy (non-hydrogen) atoms. The maximum atomic E-state index is 12.5. The summed E-state index contributed by atoms with van der Waals surface area (Å²) < 4.78 is 15.5. The summed E-state index contributed by atoms with van der Waals surface area (Å²) in [6.07, 6.45) is -0.0844. The van der Waals surface area contributed by atoms with Crippen LogP contribution in [0.5, 0.6) is 0 Å². The first-order chi connectivity index (χ1) is 24.1. The highest BCUT2D eigenvalue weighted by atomic mass is 32.2. The second kappa shape index (κ2) is 15.8. The van der Waals surface area contributed by atoms with Crippen LogP contribution in [-0.4, -0.2) is 28.0 Å². The predicted molar refractivity (Wildman–Crippen MR) is 196 cm³/mol. The first kappa shape index (κ1) is 33.0. The van der Waals surface area contributed by atoms with Gasteiger partial charge < -0.3 is 25.2 Å². The lowest BCUT2D eigenvalue weighted by atomic mass is 9.99. The molecule has 1 aromatic heterocycles. The summed E-state index contributed by atoms with van der Waals surface area (Å²) in [4.78, 5) is 17.3. The van der Waals surface area contributed by atoms with Crippen molar-refractivity contribution in [3.8, 4) is 11.1 Å². The zero-order chi connectivity index (χ0) is 33.4. The number of thiazole rings is 1. The molecule has 7 rings (SSSR count). The Balaban J connectivity index is 1.05. The van der Waals surface area contributed by atoms with Crippen LogP contribution >= 0.6 is 23.1 Å². The second-order valence-electron chi connectivity index (χ2n) is 12.0. The molecule has 2 amide bonds. The largest absolute Gasteiger partial charge is 0.392 e. The molecule has 1 aliphatic rings. The van der Waals surface area contributed by atoms with Crippen molar-refractivity contribution in [3.63, 3.8) is 0 Å². The third-order valence-electron chi connectivity index (χ3n) is 8.45. The van der Waals surface area contributed by atoms with Crippen molar-refractivity contribution >= 4 is 39.3 Å². The molecule has 6 aromatic rings. The number of aliphatic hydroxyl groups is 1. The number of benzene rings is 5. The number of fused-ring (bicyclic) bond motifs is 1. The fourth-order valence-corrected chi connectivity index (χ4v) is 7.96. The highest BCUT2D eigenvalue weighted by Gasteiger charge is 2.32. The van der Waals surface area contributed by atoms with Crippen LogP contribution in [0.3, 0.4) is 0 Å². The summed E-state index contributed by atoms with van der Waals surface area (Å²) in [6, 6.07) is 42.3. The first-order valence-corrected chi connectivity index (χ1v) is 18.1. The van der Waals surface area contributed by atoms with Crippen molar-refractivity contribution in [3.05, 3.63) is 155 Å². The molecule has 7 nitrogen and oxygen atoms in total. The summed E-state index contributed by atoms with van der Waals surface area (Å²) >= 11 is 3.43. The smallest absolute Gasteiger partial charge is 0.315 e. The molecule has 1 aliphatic heterocycles. The number of aromatic nitrogens is 1. The Hall–Kier alpha value is -4.51. The van der Waals surface area contributed by atoms with Gasteiger partial charge in [-0.3, -0.25) is 0 Å². The molecular formula is C40H37N3O4S2. The number of nitrogens with one attached hydrogen (secondary N) is 2. The summed E-state index contributed by atoms with van der Waals surface area (Å²) in [5.41, 5.74) is 8.02. The zero-order valence-corrected chi connectivity index (χ0v) is 28.5. The molecule has 9 heteroatoms. The lowest BCUT2D eigenvalue weighted by Gasteiger charge is -2.36. The van der Waals surface area contributed by atoms with Gasteiger partial charge in [-0.2, -0.15) is 0 Å². The van der Waals surface area contributed by atoms with Gasteiger partial charge >= 0.3 is 6.03 Å². The molecule has 248 valence electrons. The average Bonchev–Trinajstić information content (AvgIpc) is 3.59. The van der Waals surface area contributed by atoms with Gasteiger partial charge in [-0.05, 0) is 57.6 Å². The van der Waals surface area contributed by atoms with Crippen LogP contribution in [0.4, 0.5) is 4.79 Å². The SMILES string of the molecule is O=C(NCc1ccccc1)NCc1cccc(-c2cccc([C@@H]3O[C@H](CSc4nc5ccccc5s4)C[C@H](c4ccc(CO)cc4)O3)c2)c1. The summed E-state index contributed by atoms with van der Waals surface area (Å²) in [5, 5.41) is 15.5. The van der Waals surface area contributed by atoms with Crippen LogP contribution in [0.25, 0.3) is 21.3 Å². The summed E-state index contributed by atoms with van der Waals surface area (Å²) in [6.45, 7) is 0.888. The van der Waals surface area contributed by atoms with Gasteiger partial charge in [0.25, 0.3) is 0 Å². The summed E-state index contributed by atoms with van der Waals surface area (Å²) in [7, 11) is 0. The first-order valence-electron chi connectivity index (χ1n) is 16.3. The van der Waals surface area contributed by atoms with Crippen LogP contribution in [0.1, 0.15) is 46.6 Å². The van der Waals surface area contributed by atoms with Crippen LogP contribution in [0.15, 0.2) is 132 Å². The Labute approximate surface area is 294 Å². The molecule has 0 bridgehead atoms. The van der Waals surface area contributed by atoms with Crippen LogP contribution in [0.2, 0.25) is 0 Å². The van der Waals surface area contributed by atoms with E-state index in [1.54, 1.807) is 23.1 Å². The van der Waals surface area contributed by atoms with E-state index in [2.05, 4.69) is 41.0 Å². The minimum Gasteiger partial charge on any atom is -0.392 e. The molecule has 0 unspecified atom stereocenters. The van der Waals surface area contributed by atoms with Crippen LogP contribution in [-0.2, 0) is 29.2 Å². The molecule has 5 aromatic carbocycles. The quantitative estimate of drug-likeness (QED) is 0.118. The predicted octanol–water partition coefficient (Wildman–Crippen LogP) is 8.79. The van der Waals surface area contributed by atoms with E-state index in [1.807, 2.05) is 97.1 Å². The van der Waals surface area contributed by atoms with E-state index in [-0.39, 0.29) is 24.8 Å². The number of ether oxygens (including phenoxy) is 2. The zero-order valence-electron chi connectivity index (χ0n) is 26.8. The molecule has 1 saturated heterocycles. The Morgan fingerprint density at radius 2 is 1.47 bits per heavy atom. The number of aliphatic hydroxyl groups excluding tert-OH is 1. The number of urea groups is 1. The number of para-hydroxylation sites is 1. The minimum atomic E-state index is -0.560. The fraction of sp³-hybridized carbons (Fsp3) is 0.200. The molecule has 3 atom stereocenters. The minimum absolute atomic E-state index is 0.00445. The van der Waals surface area contributed by atoms with Gasteiger partial charge in [0.15, 0.2) is 10.6 Å². The molecule has 0 aliphatic carbocycles. The van der Waals surface area contributed by atoms with E-state index in [0.717, 1.165) is 54.6 Å². The lowest BCUT2D eigenvalue weighted by molar-refractivity contribution is -0.245. The van der Waals surface area contributed by atoms with Gasteiger partial charge in [0.2, 0.25) is 0 Å². The number of nitrogens with zero attached hydrogens (tertiary/aromatic N) is 1. The molecule has 1 fully saturated rings. The van der Waals surface area contributed by atoms with E-state index in [9.17, 15) is 9.90 Å². The van der Waals surface area contributed by atoms with Crippen molar-refractivity contribution in [1.29, 1.82) is 0 Å². The van der Waals surface area contributed by atoms with Crippen molar-refractivity contribution in [1.82, 2.24) is 15.6 Å². The van der Waals surface area contributed by atoms with E-state index >= 15 is 0 Å². The lowest BCUT2D eigenvalue weighted by Crippen LogP contribution is -2.34. The maximum absolute atomic E-state index is 12.5. The molecule has 0 radical (unpaired) electrons. The van der Waals surface area contributed by atoms with E-state index in [0.29, 0.717) is 19.5 Å². The Morgan fingerprint density at radius 3 is 2.27 bits per heavy atom. The normalized spacial score (nSPS) is 17.5. The highest BCUT2D eigenvalue weighted by molar-refractivity contribution is 8.01. The monoisotopic (exact) mass is 687 g/mol. The van der Waals surface area contributed by atoms with Gasteiger partial charge in [0.05, 0.1) is 29.0 Å². The van der Waals surface area contributed by atoms with Gasteiger partial charge in [0.1, 0.15) is 0 Å². The molecule has 0 saturated carbocycles. The number of hydrogen-bond acceptors (Lipinski definition) is 7. The van der Waals surface area contributed by atoms with Crippen molar-refractivity contribution in [2.45, 2.75) is 49.0 Å². The fourth-order valence-electron chi connectivity index (χ4n) is 5.85. The van der Waals surface area contributed by atoms with Gasteiger partial charge in [-0.25, -0.2) is 9.78 Å². The topological polar surface area (TPSA) is 92.7 Å². The number of thioether (sulfide) groups is 1. The summed E-state index contributed by atoms with van der Waals surface area (Å²) in [5.74, 6) is 0.749. The second-order valence-corrected chi connectivity index (χ2v) is 14.3. The van der Waals surface area contributed by atoms with Crippen molar-refractivity contribution < 1.29 is 19.4 Å². The molecule has 2 heterocycles. The molecule has 3 N–H and O–H groups in total. The van der Waals surface area contributed by atoms with Gasteiger partial charge in [-0.1, -0.05) is 115 Å². The van der Waals surface area contributed by atoms with Gasteiger partial charge in [-0.15, -0.1) is 11.3 Å². The van der Waals surface area contributed by atoms with Crippen molar-refractivity contribution in [2.75, 3.05) is 5.75 Å². The third kappa shape index (κ3) is 8.57. The molecule has 0 spiro atoms. The van der Waals surface area contributed by atoms with Gasteiger partial charge in [0, 0.05) is 30.8 Å². The number of carbonyl (C=O) groups excluding carboxylic acids is 1. The van der Waals surface area contributed by atoms with E-state index in [1.165, 1.54) is 4.70 Å². The Morgan fingerprint density at radius 1 is 0.755 bits per heavy atom. The van der Waals surface area contributed by atoms with Crippen LogP contribution < -0.4 is 10.6 Å². The van der Waals surface area contributed by atoms with Crippen molar-refractivity contribution in [2.24, 2.45) is 0 Å². The number of amides is 2. The standard InChI is InChI=1S/C40H37N3O4S2/c44-25-28-16-18-30(19-17-28)36-22-34(26-48-40-43-35-14-4-5-15-37(35)49-40)46-38(47-36)33-13-7-12-32(21-33)31-11-6-10-29(20-31)24-42-39(45)41-23-27-8-2-1-3-9-27/h1-21,34,36,38,44H,22-26H2,(H2,41,42,45)/t34-,36+,38+/m0/s1.